The first-order chi connectivity index (χ1) is 7.77. The Kier molecular flexibility index (Phi) is 9.06. The van der Waals surface area contributed by atoms with Crippen LogP contribution in [0.1, 0.15) is 53.4 Å². The number of rotatable bonds is 3. The molecule has 96 valence electrons. The second-order valence-corrected chi connectivity index (χ2v) is 3.95. The van der Waals surface area contributed by atoms with E-state index < -0.39 is 0 Å². The maximum Gasteiger partial charge on any atom is 0.409 e. The van der Waals surface area contributed by atoms with Crippen molar-refractivity contribution in [3.63, 3.8) is 0 Å². The molecule has 0 spiro atoms. The first-order valence-electron chi connectivity index (χ1n) is 6.69. The highest BCUT2D eigenvalue weighted by Crippen LogP contribution is 2.20. The van der Waals surface area contributed by atoms with Crippen molar-refractivity contribution in [2.75, 3.05) is 19.7 Å². The topological polar surface area (TPSA) is 29.5 Å². The van der Waals surface area contributed by atoms with Crippen molar-refractivity contribution in [1.29, 1.82) is 0 Å². The third-order valence-corrected chi connectivity index (χ3v) is 2.88. The predicted octanol–water partition coefficient (Wildman–Crippen LogP) is 3.68. The lowest BCUT2D eigenvalue weighted by molar-refractivity contribution is 0.0874. The summed E-state index contributed by atoms with van der Waals surface area (Å²) in [5.74, 6) is 0.810. The van der Waals surface area contributed by atoms with Crippen LogP contribution in [0.2, 0.25) is 0 Å². The summed E-state index contributed by atoms with van der Waals surface area (Å²) >= 11 is 0. The van der Waals surface area contributed by atoms with E-state index in [4.69, 9.17) is 4.74 Å². The second-order valence-electron chi connectivity index (χ2n) is 3.95. The molecule has 1 aliphatic heterocycles. The number of ether oxygens (including phenoxy) is 1. The van der Waals surface area contributed by atoms with E-state index in [2.05, 4.69) is 6.92 Å². The van der Waals surface area contributed by atoms with Gasteiger partial charge >= 0.3 is 6.09 Å². The van der Waals surface area contributed by atoms with E-state index in [1.54, 1.807) is 0 Å². The Morgan fingerprint density at radius 2 is 1.81 bits per heavy atom. The Bertz CT molecular complexity index is 175. The summed E-state index contributed by atoms with van der Waals surface area (Å²) in [5.41, 5.74) is 0. The van der Waals surface area contributed by atoms with Crippen LogP contribution in [0.5, 0.6) is 0 Å². The van der Waals surface area contributed by atoms with Gasteiger partial charge in [0.25, 0.3) is 0 Å². The zero-order valence-corrected chi connectivity index (χ0v) is 11.3. The van der Waals surface area contributed by atoms with E-state index in [9.17, 15) is 4.79 Å². The lowest BCUT2D eigenvalue weighted by Gasteiger charge is -2.30. The smallest absolute Gasteiger partial charge is 0.409 e. The highest BCUT2D eigenvalue weighted by molar-refractivity contribution is 5.67. The minimum atomic E-state index is -0.124. The SMILES string of the molecule is CC.CCCOC(=O)N1CCC(CC)CC1. The predicted molar refractivity (Wildman–Crippen MR) is 67.6 cm³/mol. The quantitative estimate of drug-likeness (QED) is 0.738. The molecule has 1 aliphatic rings. The lowest BCUT2D eigenvalue weighted by Crippen LogP contribution is -2.38. The summed E-state index contributed by atoms with van der Waals surface area (Å²) in [7, 11) is 0. The van der Waals surface area contributed by atoms with Gasteiger partial charge in [0.1, 0.15) is 0 Å². The molecule has 1 saturated heterocycles. The van der Waals surface area contributed by atoms with Gasteiger partial charge in [0.15, 0.2) is 0 Å². The number of carbonyl (C=O) groups excluding carboxylic acids is 1. The van der Waals surface area contributed by atoms with Crippen LogP contribution in [0.3, 0.4) is 0 Å². The lowest BCUT2D eigenvalue weighted by atomic mass is 9.95. The fourth-order valence-corrected chi connectivity index (χ4v) is 1.80. The van der Waals surface area contributed by atoms with Crippen LogP contribution < -0.4 is 0 Å². The molecule has 0 atom stereocenters. The van der Waals surface area contributed by atoms with Gasteiger partial charge in [-0.25, -0.2) is 4.79 Å². The van der Waals surface area contributed by atoms with Gasteiger partial charge < -0.3 is 9.64 Å². The largest absolute Gasteiger partial charge is 0.449 e. The molecule has 1 amide bonds. The molecule has 0 aromatic rings. The van der Waals surface area contributed by atoms with E-state index in [1.165, 1.54) is 6.42 Å². The summed E-state index contributed by atoms with van der Waals surface area (Å²) < 4.78 is 5.09. The first kappa shape index (κ1) is 15.3. The number of hydrogen-bond acceptors (Lipinski definition) is 2. The molecule has 1 fully saturated rings. The van der Waals surface area contributed by atoms with Gasteiger partial charge in [-0.3, -0.25) is 0 Å². The van der Waals surface area contributed by atoms with Crippen molar-refractivity contribution in [1.82, 2.24) is 4.90 Å². The minimum absolute atomic E-state index is 0.124. The van der Waals surface area contributed by atoms with E-state index in [1.807, 2.05) is 25.7 Å². The fraction of sp³-hybridized carbons (Fsp3) is 0.923. The maximum absolute atomic E-state index is 11.5. The maximum atomic E-state index is 11.5. The molecule has 1 heterocycles. The van der Waals surface area contributed by atoms with Crippen molar-refractivity contribution < 1.29 is 9.53 Å². The summed E-state index contributed by atoms with van der Waals surface area (Å²) in [5, 5.41) is 0. The fourth-order valence-electron chi connectivity index (χ4n) is 1.80. The monoisotopic (exact) mass is 229 g/mol. The van der Waals surface area contributed by atoms with E-state index in [0.29, 0.717) is 6.61 Å². The molecular weight excluding hydrogens is 202 g/mol. The van der Waals surface area contributed by atoms with E-state index in [-0.39, 0.29) is 6.09 Å². The Balaban J connectivity index is 0.00000106. The van der Waals surface area contributed by atoms with Gasteiger partial charge in [0.2, 0.25) is 0 Å². The number of piperidine rings is 1. The van der Waals surface area contributed by atoms with E-state index in [0.717, 1.165) is 38.3 Å². The van der Waals surface area contributed by atoms with Crippen LogP contribution >= 0.6 is 0 Å². The van der Waals surface area contributed by atoms with E-state index >= 15 is 0 Å². The Morgan fingerprint density at radius 3 is 2.25 bits per heavy atom. The standard InChI is InChI=1S/C11H21NO2.C2H6/c1-3-9-14-11(13)12-7-5-10(4-2)6-8-12;1-2/h10H,3-9H2,1-2H3;1-2H3. The molecule has 0 saturated carbocycles. The number of hydrogen-bond donors (Lipinski definition) is 0. The highest BCUT2D eigenvalue weighted by Gasteiger charge is 2.22. The summed E-state index contributed by atoms with van der Waals surface area (Å²) in [6.45, 7) is 10.5. The first-order valence-corrected chi connectivity index (χ1v) is 6.69. The molecule has 0 aromatic carbocycles. The third kappa shape index (κ3) is 5.38. The van der Waals surface area contributed by atoms with Gasteiger partial charge in [-0.05, 0) is 25.2 Å². The molecule has 3 nitrogen and oxygen atoms in total. The van der Waals surface area contributed by atoms with Gasteiger partial charge in [-0.15, -0.1) is 0 Å². The third-order valence-electron chi connectivity index (χ3n) is 2.88. The number of likely N-dealkylation sites (tertiary alicyclic amines) is 1. The molecule has 0 bridgehead atoms. The Hall–Kier alpha value is -0.730. The summed E-state index contributed by atoms with van der Waals surface area (Å²) in [6, 6.07) is 0. The van der Waals surface area contributed by atoms with Gasteiger partial charge in [0, 0.05) is 13.1 Å². The average molecular weight is 229 g/mol. The zero-order chi connectivity index (χ0) is 12.4. The molecule has 0 unspecified atom stereocenters. The van der Waals surface area contributed by atoms with Gasteiger partial charge in [-0.2, -0.15) is 0 Å². The Morgan fingerprint density at radius 1 is 1.25 bits per heavy atom. The summed E-state index contributed by atoms with van der Waals surface area (Å²) in [6.07, 6.45) is 4.28. The average Bonchev–Trinajstić information content (AvgIpc) is 2.38. The second kappa shape index (κ2) is 9.49. The Labute approximate surface area is 100 Å². The van der Waals surface area contributed by atoms with Crippen molar-refractivity contribution in [3.05, 3.63) is 0 Å². The normalized spacial score (nSPS) is 16.4. The molecule has 0 radical (unpaired) electrons. The van der Waals surface area contributed by atoms with Crippen molar-refractivity contribution in [2.24, 2.45) is 5.92 Å². The van der Waals surface area contributed by atoms with Crippen molar-refractivity contribution in [3.8, 4) is 0 Å². The molecular formula is C13H27NO2. The van der Waals surface area contributed by atoms with Gasteiger partial charge in [-0.1, -0.05) is 34.1 Å². The van der Waals surface area contributed by atoms with Crippen molar-refractivity contribution in [2.45, 2.75) is 53.4 Å². The molecule has 0 aliphatic carbocycles. The molecule has 16 heavy (non-hydrogen) atoms. The zero-order valence-electron chi connectivity index (χ0n) is 11.3. The summed E-state index contributed by atoms with van der Waals surface area (Å²) in [4.78, 5) is 13.3. The molecule has 0 aromatic heterocycles. The molecule has 1 rings (SSSR count). The van der Waals surface area contributed by atoms with Crippen molar-refractivity contribution >= 4 is 6.09 Å². The van der Waals surface area contributed by atoms with Crippen LogP contribution in [0.4, 0.5) is 4.79 Å². The van der Waals surface area contributed by atoms with Crippen LogP contribution in [0.25, 0.3) is 0 Å². The van der Waals surface area contributed by atoms with Crippen LogP contribution in [-0.4, -0.2) is 30.7 Å². The highest BCUT2D eigenvalue weighted by atomic mass is 16.6. The number of amides is 1. The minimum Gasteiger partial charge on any atom is -0.449 e. The van der Waals surface area contributed by atoms with Crippen LogP contribution in [-0.2, 0) is 4.74 Å². The van der Waals surface area contributed by atoms with Gasteiger partial charge in [0.05, 0.1) is 6.61 Å². The van der Waals surface area contributed by atoms with Crippen LogP contribution in [0, 0.1) is 5.92 Å². The molecule has 0 N–H and O–H groups in total. The van der Waals surface area contributed by atoms with Crippen LogP contribution in [0.15, 0.2) is 0 Å². The number of carbonyl (C=O) groups is 1. The number of nitrogens with zero attached hydrogens (tertiary/aromatic N) is 1. The molecule has 3 heteroatoms.